The Bertz CT molecular complexity index is 822. The molecule has 1 aliphatic rings. The lowest BCUT2D eigenvalue weighted by Crippen LogP contribution is -2.17. The summed E-state index contributed by atoms with van der Waals surface area (Å²) in [6.45, 7) is 1.03. The summed E-state index contributed by atoms with van der Waals surface area (Å²) >= 11 is 12.4. The second kappa shape index (κ2) is 9.26. The summed E-state index contributed by atoms with van der Waals surface area (Å²) in [5, 5.41) is 9.70. The van der Waals surface area contributed by atoms with Crippen molar-refractivity contribution < 1.29 is 19.3 Å². The third kappa shape index (κ3) is 4.46. The van der Waals surface area contributed by atoms with E-state index in [2.05, 4.69) is 9.98 Å². The van der Waals surface area contributed by atoms with E-state index < -0.39 is 0 Å². The molecule has 144 valence electrons. The summed E-state index contributed by atoms with van der Waals surface area (Å²) < 4.78 is 17.2. The maximum absolute atomic E-state index is 8.93. The first kappa shape index (κ1) is 19.7. The highest BCUT2D eigenvalue weighted by atomic mass is 35.5. The number of hydrogen-bond donors (Lipinski definition) is 1. The fourth-order valence-electron chi connectivity index (χ4n) is 2.75. The van der Waals surface area contributed by atoms with Crippen LogP contribution in [-0.4, -0.2) is 42.7 Å². The van der Waals surface area contributed by atoms with Gasteiger partial charge in [0.1, 0.15) is 5.69 Å². The molecule has 1 N–H and O–H groups in total. The van der Waals surface area contributed by atoms with Gasteiger partial charge in [0.05, 0.1) is 36.1 Å². The predicted molar refractivity (Wildman–Crippen MR) is 105 cm³/mol. The minimum absolute atomic E-state index is 0.133. The lowest BCUT2D eigenvalue weighted by Gasteiger charge is -2.23. The molecule has 0 saturated heterocycles. The van der Waals surface area contributed by atoms with E-state index in [4.69, 9.17) is 42.5 Å². The number of unbranched alkanes of at least 4 members (excludes halogenated alkanes) is 1. The number of aromatic nitrogens is 1. The van der Waals surface area contributed by atoms with E-state index in [0.29, 0.717) is 59.0 Å². The lowest BCUT2D eigenvalue weighted by atomic mass is 10.0. The van der Waals surface area contributed by atoms with E-state index >= 15 is 0 Å². The zero-order valence-corrected chi connectivity index (χ0v) is 16.4. The van der Waals surface area contributed by atoms with Crippen LogP contribution in [0, 0.1) is 0 Å². The number of ether oxygens (including phenoxy) is 3. The van der Waals surface area contributed by atoms with Gasteiger partial charge in [-0.05, 0) is 25.0 Å². The lowest BCUT2D eigenvalue weighted by molar-refractivity contribution is 0.233. The summed E-state index contributed by atoms with van der Waals surface area (Å²) in [4.78, 5) is 8.62. The summed E-state index contributed by atoms with van der Waals surface area (Å²) in [5.74, 6) is 1.70. The number of fused-ring (bicyclic) bond motifs is 1. The molecule has 0 aliphatic carbocycles. The molecule has 0 saturated carbocycles. The molecule has 0 atom stereocenters. The van der Waals surface area contributed by atoms with Gasteiger partial charge in [0.2, 0.25) is 5.75 Å². The second-order valence-corrected chi connectivity index (χ2v) is 6.68. The molecule has 1 aliphatic heterocycles. The molecule has 0 bridgehead atoms. The second-order valence-electron chi connectivity index (χ2n) is 5.86. The van der Waals surface area contributed by atoms with E-state index in [-0.39, 0.29) is 6.61 Å². The largest absolute Gasteiger partial charge is 0.493 e. The Morgan fingerprint density at radius 1 is 1.22 bits per heavy atom. The highest BCUT2D eigenvalue weighted by molar-refractivity contribution is 6.38. The van der Waals surface area contributed by atoms with Gasteiger partial charge >= 0.3 is 0 Å². The van der Waals surface area contributed by atoms with Crippen LogP contribution < -0.4 is 14.2 Å². The number of aliphatic hydroxyl groups excluding tert-OH is 1. The number of halogens is 2. The van der Waals surface area contributed by atoms with Gasteiger partial charge in [-0.15, -0.1) is 0 Å². The fourth-order valence-corrected chi connectivity index (χ4v) is 3.20. The van der Waals surface area contributed by atoms with E-state index in [1.54, 1.807) is 7.11 Å². The first-order chi connectivity index (χ1) is 13.2. The van der Waals surface area contributed by atoms with Gasteiger partial charge in [-0.3, -0.25) is 4.98 Å². The minimum atomic E-state index is 0.133. The monoisotopic (exact) mass is 410 g/mol. The first-order valence-electron chi connectivity index (χ1n) is 8.60. The summed E-state index contributed by atoms with van der Waals surface area (Å²) in [5.41, 5.74) is 2.09. The van der Waals surface area contributed by atoms with Crippen molar-refractivity contribution in [3.8, 4) is 17.2 Å². The number of benzene rings is 1. The van der Waals surface area contributed by atoms with Crippen molar-refractivity contribution >= 4 is 34.6 Å². The van der Waals surface area contributed by atoms with E-state index in [1.807, 2.05) is 12.1 Å². The predicted octanol–water partition coefficient (Wildman–Crippen LogP) is 4.45. The highest BCUT2D eigenvalue weighted by Crippen LogP contribution is 2.43. The maximum atomic E-state index is 8.93. The normalized spacial score (nSPS) is 14.6. The van der Waals surface area contributed by atoms with Crippen LogP contribution in [0.15, 0.2) is 29.5 Å². The van der Waals surface area contributed by atoms with Gasteiger partial charge < -0.3 is 19.3 Å². The Morgan fingerprint density at radius 2 is 2.00 bits per heavy atom. The van der Waals surface area contributed by atoms with Gasteiger partial charge in [0.25, 0.3) is 0 Å². The van der Waals surface area contributed by atoms with Gasteiger partial charge in [-0.2, -0.15) is 0 Å². The number of methoxy groups -OCH3 is 1. The molecular weight excluding hydrogens is 391 g/mol. The van der Waals surface area contributed by atoms with Crippen molar-refractivity contribution in [2.45, 2.75) is 19.3 Å². The molecule has 0 fully saturated rings. The van der Waals surface area contributed by atoms with Crippen LogP contribution >= 0.6 is 23.2 Å². The summed E-state index contributed by atoms with van der Waals surface area (Å²) in [7, 11) is 1.58. The Labute approximate surface area is 167 Å². The van der Waals surface area contributed by atoms with Gasteiger partial charge in [0, 0.05) is 31.0 Å². The zero-order valence-electron chi connectivity index (χ0n) is 14.9. The Kier molecular flexibility index (Phi) is 6.77. The molecule has 27 heavy (non-hydrogen) atoms. The van der Waals surface area contributed by atoms with Crippen molar-refractivity contribution in [2.75, 3.05) is 26.9 Å². The van der Waals surface area contributed by atoms with Gasteiger partial charge in [0.15, 0.2) is 11.5 Å². The Balaban J connectivity index is 1.99. The molecular formula is C19H20Cl2N2O4. The van der Waals surface area contributed by atoms with Crippen molar-refractivity contribution in [2.24, 2.45) is 4.99 Å². The maximum Gasteiger partial charge on any atom is 0.204 e. The van der Waals surface area contributed by atoms with E-state index in [1.165, 1.54) is 12.4 Å². The minimum Gasteiger partial charge on any atom is -0.493 e. The van der Waals surface area contributed by atoms with Crippen LogP contribution in [0.4, 0.5) is 5.69 Å². The van der Waals surface area contributed by atoms with Crippen LogP contribution in [0.1, 0.15) is 24.8 Å². The average molecular weight is 411 g/mol. The molecule has 3 rings (SSSR count). The molecule has 1 aromatic carbocycles. The van der Waals surface area contributed by atoms with E-state index in [0.717, 1.165) is 17.7 Å². The number of aliphatic imine (C=N–C) groups is 1. The number of pyridine rings is 1. The zero-order chi connectivity index (χ0) is 19.2. The molecule has 1 aromatic heterocycles. The molecule has 8 heteroatoms. The smallest absolute Gasteiger partial charge is 0.204 e. The molecule has 6 nitrogen and oxygen atoms in total. The highest BCUT2D eigenvalue weighted by Gasteiger charge is 2.25. The SMILES string of the molecule is COc1ccc2c(c1OCCCCO)OCCC2=Nc1c(Cl)cncc1Cl. The first-order valence-corrected chi connectivity index (χ1v) is 9.35. The quantitative estimate of drug-likeness (QED) is 0.682. The Hall–Kier alpha value is -2.02. The average Bonchev–Trinajstić information content (AvgIpc) is 2.68. The third-order valence-corrected chi connectivity index (χ3v) is 4.62. The van der Waals surface area contributed by atoms with Crippen molar-refractivity contribution in [1.29, 1.82) is 0 Å². The topological polar surface area (TPSA) is 73.2 Å². The number of nitrogens with zero attached hydrogens (tertiary/aromatic N) is 2. The number of aliphatic hydroxyl groups is 1. The molecule has 2 aromatic rings. The summed E-state index contributed by atoms with van der Waals surface area (Å²) in [6, 6.07) is 3.70. The van der Waals surface area contributed by atoms with Gasteiger partial charge in [-0.25, -0.2) is 4.99 Å². The van der Waals surface area contributed by atoms with Crippen LogP contribution in [-0.2, 0) is 0 Å². The van der Waals surface area contributed by atoms with Crippen molar-refractivity contribution in [3.05, 3.63) is 40.1 Å². The van der Waals surface area contributed by atoms with E-state index in [9.17, 15) is 0 Å². The van der Waals surface area contributed by atoms with Crippen molar-refractivity contribution in [3.63, 3.8) is 0 Å². The standard InChI is InChI=1S/C19H20Cl2N2O4/c1-25-16-5-4-12-15(23-17-13(20)10-22-11-14(17)21)6-9-27-18(12)19(16)26-8-3-2-7-24/h4-5,10-11,24H,2-3,6-9H2,1H3. The molecule has 0 radical (unpaired) electrons. The fraction of sp³-hybridized carbons (Fsp3) is 0.368. The number of hydrogen-bond acceptors (Lipinski definition) is 6. The van der Waals surface area contributed by atoms with Crippen LogP contribution in [0.3, 0.4) is 0 Å². The molecule has 0 amide bonds. The molecule has 2 heterocycles. The van der Waals surface area contributed by atoms with Gasteiger partial charge in [-0.1, -0.05) is 23.2 Å². The van der Waals surface area contributed by atoms with Crippen LogP contribution in [0.5, 0.6) is 17.2 Å². The molecule has 0 spiro atoms. The number of rotatable bonds is 7. The van der Waals surface area contributed by atoms with Crippen molar-refractivity contribution in [1.82, 2.24) is 4.98 Å². The molecule has 0 unspecified atom stereocenters. The third-order valence-electron chi connectivity index (χ3n) is 4.07. The van der Waals surface area contributed by atoms with Crippen LogP contribution in [0.25, 0.3) is 0 Å². The van der Waals surface area contributed by atoms with Crippen LogP contribution in [0.2, 0.25) is 10.0 Å². The Morgan fingerprint density at radius 3 is 2.70 bits per heavy atom. The summed E-state index contributed by atoms with van der Waals surface area (Å²) in [6.07, 6.45) is 5.03.